The van der Waals surface area contributed by atoms with Crippen LogP contribution in [0.5, 0.6) is 5.75 Å². The second kappa shape index (κ2) is 8.47. The van der Waals surface area contributed by atoms with E-state index < -0.39 is 9.85 Å². The Balaban J connectivity index is 1.89. The van der Waals surface area contributed by atoms with Gasteiger partial charge in [-0.15, -0.1) is 0 Å². The van der Waals surface area contributed by atoms with E-state index in [0.717, 1.165) is 48.8 Å². The molecule has 0 aliphatic heterocycles. The molecule has 2 aromatic carbocycles. The Hall–Kier alpha value is -3.49. The van der Waals surface area contributed by atoms with E-state index in [9.17, 15) is 20.2 Å². The number of nitrogens with zero attached hydrogens (tertiary/aromatic N) is 3. The Morgan fingerprint density at radius 1 is 1.11 bits per heavy atom. The van der Waals surface area contributed by atoms with Crippen LogP contribution in [0.25, 0.3) is 0 Å². The molecule has 1 atom stereocenters. The van der Waals surface area contributed by atoms with Gasteiger partial charge in [0.15, 0.2) is 0 Å². The minimum Gasteiger partial charge on any atom is -0.497 e. The summed E-state index contributed by atoms with van der Waals surface area (Å²) in [5.41, 5.74) is 4.13. The molecule has 146 valence electrons. The monoisotopic (exact) mass is 384 g/mol. The summed E-state index contributed by atoms with van der Waals surface area (Å²) >= 11 is 0. The molecule has 3 rings (SSSR count). The largest absolute Gasteiger partial charge is 0.497 e. The summed E-state index contributed by atoms with van der Waals surface area (Å²) in [6.45, 7) is 0. The molecule has 0 bridgehead atoms. The third-order valence-corrected chi connectivity index (χ3v) is 4.78. The minimum atomic E-state index is -0.664. The number of non-ortho nitro benzene ring substituents is 1. The first-order chi connectivity index (χ1) is 13.5. The van der Waals surface area contributed by atoms with Crippen LogP contribution in [-0.4, -0.2) is 22.7 Å². The van der Waals surface area contributed by atoms with E-state index in [1.165, 1.54) is 12.1 Å². The van der Waals surface area contributed by atoms with E-state index in [1.807, 2.05) is 24.3 Å². The maximum Gasteiger partial charge on any atom is 0.301 e. The number of ether oxygens (including phenoxy) is 1. The smallest absolute Gasteiger partial charge is 0.301 e. The first kappa shape index (κ1) is 19.3. The highest BCUT2D eigenvalue weighted by atomic mass is 16.6. The van der Waals surface area contributed by atoms with Gasteiger partial charge in [0, 0.05) is 17.7 Å². The van der Waals surface area contributed by atoms with Crippen LogP contribution < -0.4 is 10.2 Å². The number of nitrogens with one attached hydrogen (secondary N) is 1. The van der Waals surface area contributed by atoms with Crippen LogP contribution in [-0.2, 0) is 0 Å². The van der Waals surface area contributed by atoms with Crippen LogP contribution in [0.4, 0.5) is 17.1 Å². The van der Waals surface area contributed by atoms with Crippen molar-refractivity contribution in [3.63, 3.8) is 0 Å². The first-order valence-electron chi connectivity index (χ1n) is 8.89. The van der Waals surface area contributed by atoms with E-state index in [0.29, 0.717) is 0 Å². The van der Waals surface area contributed by atoms with Crippen molar-refractivity contribution in [1.82, 2.24) is 0 Å². The topological polar surface area (TPSA) is 120 Å². The standard InChI is InChI=1S/C19H20N4O5/c1-28-15-6-4-5-13(11-15)16-7-2-3-8-17(16)20-21-18-10-9-14(22(24)25)12-19(18)23(26)27/h4-6,9-12,16,21H,2-3,7-8H2,1H3/b20-17+. The molecule has 1 aliphatic carbocycles. The van der Waals surface area contributed by atoms with Gasteiger partial charge in [-0.1, -0.05) is 18.6 Å². The zero-order chi connectivity index (χ0) is 20.1. The number of hydrogen-bond donors (Lipinski definition) is 1. The average molecular weight is 384 g/mol. The number of methoxy groups -OCH3 is 1. The molecule has 2 aromatic rings. The van der Waals surface area contributed by atoms with Crippen LogP contribution in [0.3, 0.4) is 0 Å². The third-order valence-electron chi connectivity index (χ3n) is 4.78. The highest BCUT2D eigenvalue weighted by Crippen LogP contribution is 2.34. The molecule has 28 heavy (non-hydrogen) atoms. The Kier molecular flexibility index (Phi) is 5.83. The average Bonchev–Trinajstić information content (AvgIpc) is 2.72. The number of nitro benzene ring substituents is 2. The van der Waals surface area contributed by atoms with Gasteiger partial charge < -0.3 is 4.74 Å². The Labute approximate surface area is 161 Å². The molecule has 9 nitrogen and oxygen atoms in total. The zero-order valence-corrected chi connectivity index (χ0v) is 15.3. The molecular formula is C19H20N4O5. The highest BCUT2D eigenvalue weighted by Gasteiger charge is 2.24. The quantitative estimate of drug-likeness (QED) is 0.572. The van der Waals surface area contributed by atoms with Gasteiger partial charge in [0.1, 0.15) is 11.4 Å². The van der Waals surface area contributed by atoms with Crippen molar-refractivity contribution in [2.45, 2.75) is 31.6 Å². The first-order valence-corrected chi connectivity index (χ1v) is 8.89. The summed E-state index contributed by atoms with van der Waals surface area (Å²) in [5, 5.41) is 26.6. The van der Waals surface area contributed by atoms with E-state index in [4.69, 9.17) is 4.74 Å². The van der Waals surface area contributed by atoms with E-state index >= 15 is 0 Å². The molecule has 1 saturated carbocycles. The zero-order valence-electron chi connectivity index (χ0n) is 15.3. The predicted molar refractivity (Wildman–Crippen MR) is 105 cm³/mol. The van der Waals surface area contributed by atoms with Gasteiger partial charge >= 0.3 is 5.69 Å². The van der Waals surface area contributed by atoms with Gasteiger partial charge in [0.2, 0.25) is 0 Å². The molecule has 9 heteroatoms. The molecular weight excluding hydrogens is 364 g/mol. The summed E-state index contributed by atoms with van der Waals surface area (Å²) < 4.78 is 5.30. The molecule has 0 heterocycles. The lowest BCUT2D eigenvalue weighted by atomic mass is 9.82. The van der Waals surface area contributed by atoms with Crippen molar-refractivity contribution in [2.24, 2.45) is 5.10 Å². The molecule has 1 unspecified atom stereocenters. The molecule has 1 fully saturated rings. The van der Waals surface area contributed by atoms with Gasteiger partial charge in [0.05, 0.1) is 23.0 Å². The van der Waals surface area contributed by atoms with Crippen LogP contribution >= 0.6 is 0 Å². The third kappa shape index (κ3) is 4.25. The Morgan fingerprint density at radius 3 is 2.64 bits per heavy atom. The summed E-state index contributed by atoms with van der Waals surface area (Å²) in [4.78, 5) is 20.8. The van der Waals surface area contributed by atoms with Gasteiger partial charge in [-0.05, 0) is 43.0 Å². The molecule has 0 radical (unpaired) electrons. The number of hydrogen-bond acceptors (Lipinski definition) is 7. The lowest BCUT2D eigenvalue weighted by Gasteiger charge is -2.24. The minimum absolute atomic E-state index is 0.0912. The van der Waals surface area contributed by atoms with Crippen molar-refractivity contribution in [2.75, 3.05) is 12.5 Å². The number of hydrazone groups is 1. The van der Waals surface area contributed by atoms with E-state index in [2.05, 4.69) is 10.5 Å². The summed E-state index contributed by atoms with van der Waals surface area (Å²) in [6.07, 6.45) is 3.76. The maximum atomic E-state index is 11.3. The summed E-state index contributed by atoms with van der Waals surface area (Å²) in [5.74, 6) is 0.856. The van der Waals surface area contributed by atoms with Crippen molar-refractivity contribution in [1.29, 1.82) is 0 Å². The number of anilines is 1. The van der Waals surface area contributed by atoms with Crippen LogP contribution in [0.2, 0.25) is 0 Å². The van der Waals surface area contributed by atoms with Crippen LogP contribution in [0.1, 0.15) is 37.2 Å². The molecule has 0 amide bonds. The Morgan fingerprint density at radius 2 is 1.93 bits per heavy atom. The normalized spacial score (nSPS) is 17.9. The van der Waals surface area contributed by atoms with Gasteiger partial charge in [-0.3, -0.25) is 25.7 Å². The van der Waals surface area contributed by atoms with Crippen LogP contribution in [0.15, 0.2) is 47.6 Å². The second-order valence-corrected chi connectivity index (χ2v) is 6.51. The fourth-order valence-corrected chi connectivity index (χ4v) is 3.36. The molecule has 0 spiro atoms. The van der Waals surface area contributed by atoms with Gasteiger partial charge in [0.25, 0.3) is 5.69 Å². The van der Waals surface area contributed by atoms with Crippen LogP contribution in [0, 0.1) is 20.2 Å². The van der Waals surface area contributed by atoms with E-state index in [1.54, 1.807) is 7.11 Å². The summed E-state index contributed by atoms with van der Waals surface area (Å²) in [7, 11) is 1.62. The molecule has 1 aliphatic rings. The number of rotatable bonds is 6. The van der Waals surface area contributed by atoms with E-state index in [-0.39, 0.29) is 23.0 Å². The van der Waals surface area contributed by atoms with Gasteiger partial charge in [-0.2, -0.15) is 5.10 Å². The van der Waals surface area contributed by atoms with Crippen molar-refractivity contribution in [3.8, 4) is 5.75 Å². The lowest BCUT2D eigenvalue weighted by molar-refractivity contribution is -0.393. The fraction of sp³-hybridized carbons (Fsp3) is 0.316. The molecule has 0 aromatic heterocycles. The Bertz CT molecular complexity index is 928. The van der Waals surface area contributed by atoms with Crippen molar-refractivity contribution in [3.05, 3.63) is 68.3 Å². The number of benzene rings is 2. The SMILES string of the molecule is COc1cccc(C2CCCC/C2=N\Nc2ccc([N+](=O)[O-])cc2[N+](=O)[O-])c1. The highest BCUT2D eigenvalue weighted by molar-refractivity contribution is 5.92. The maximum absolute atomic E-state index is 11.3. The second-order valence-electron chi connectivity index (χ2n) is 6.51. The molecule has 0 saturated heterocycles. The van der Waals surface area contributed by atoms with Gasteiger partial charge in [-0.25, -0.2) is 0 Å². The van der Waals surface area contributed by atoms with Crippen molar-refractivity contribution < 1.29 is 14.6 Å². The summed E-state index contributed by atoms with van der Waals surface area (Å²) in [6, 6.07) is 11.3. The van der Waals surface area contributed by atoms with Crippen molar-refractivity contribution >= 4 is 22.8 Å². The fourth-order valence-electron chi connectivity index (χ4n) is 3.36. The lowest BCUT2D eigenvalue weighted by Crippen LogP contribution is -2.19. The molecule has 1 N–H and O–H groups in total. The number of nitro groups is 2. The predicted octanol–water partition coefficient (Wildman–Crippen LogP) is 4.64.